The van der Waals surface area contributed by atoms with Crippen LogP contribution in [0.15, 0.2) is 60.7 Å². The van der Waals surface area contributed by atoms with Crippen molar-refractivity contribution in [2.75, 3.05) is 5.32 Å². The fraction of sp³-hybridized carbons (Fsp3) is 0.136. The molecule has 3 nitrogen and oxygen atoms in total. The van der Waals surface area contributed by atoms with Gasteiger partial charge < -0.3 is 5.32 Å². The molecule has 2 heterocycles. The van der Waals surface area contributed by atoms with Crippen molar-refractivity contribution in [1.82, 2.24) is 9.55 Å². The largest absolute Gasteiger partial charge is 0.361 e. The standard InChI is InChI=1S/C22H18ClN3/c1-13-10-19-20(11-14(13)2)26-21(15-6-5-7-16(23)12-15)24-18-9-4-3-8-17(18)22(26)25-19/h3-12,21,24H,1-2H3. The molecule has 0 bridgehead atoms. The Morgan fingerprint density at radius 1 is 0.962 bits per heavy atom. The highest BCUT2D eigenvalue weighted by atomic mass is 35.5. The van der Waals surface area contributed by atoms with Crippen molar-refractivity contribution >= 4 is 28.3 Å². The quantitative estimate of drug-likeness (QED) is 0.455. The zero-order valence-electron chi connectivity index (χ0n) is 14.6. The Hall–Kier alpha value is -2.78. The highest BCUT2D eigenvalue weighted by molar-refractivity contribution is 6.30. The Morgan fingerprint density at radius 2 is 1.77 bits per heavy atom. The third kappa shape index (κ3) is 2.24. The molecule has 1 unspecified atom stereocenters. The highest BCUT2D eigenvalue weighted by Crippen LogP contribution is 2.41. The van der Waals surface area contributed by atoms with Crippen LogP contribution >= 0.6 is 11.6 Å². The van der Waals surface area contributed by atoms with Gasteiger partial charge in [-0.15, -0.1) is 0 Å². The van der Waals surface area contributed by atoms with Crippen LogP contribution < -0.4 is 5.32 Å². The minimum atomic E-state index is -0.0503. The molecule has 0 radical (unpaired) electrons. The van der Waals surface area contributed by atoms with E-state index in [1.807, 2.05) is 24.3 Å². The number of benzene rings is 3. The average Bonchev–Trinajstić information content (AvgIpc) is 3.00. The maximum atomic E-state index is 6.28. The van der Waals surface area contributed by atoms with Gasteiger partial charge in [0.15, 0.2) is 0 Å². The zero-order valence-corrected chi connectivity index (χ0v) is 15.4. The van der Waals surface area contributed by atoms with E-state index in [9.17, 15) is 0 Å². The first-order valence-electron chi connectivity index (χ1n) is 8.72. The fourth-order valence-corrected chi connectivity index (χ4v) is 3.93. The van der Waals surface area contributed by atoms with Gasteiger partial charge in [-0.25, -0.2) is 4.98 Å². The second-order valence-electron chi connectivity index (χ2n) is 6.88. The number of fused-ring (bicyclic) bond motifs is 5. The van der Waals surface area contributed by atoms with Gasteiger partial charge >= 0.3 is 0 Å². The summed E-state index contributed by atoms with van der Waals surface area (Å²) in [4.78, 5) is 4.98. The number of anilines is 1. The van der Waals surface area contributed by atoms with E-state index in [1.54, 1.807) is 0 Å². The average molecular weight is 360 g/mol. The molecule has 5 rings (SSSR count). The van der Waals surface area contributed by atoms with Gasteiger partial charge in [0.2, 0.25) is 0 Å². The second kappa shape index (κ2) is 5.61. The summed E-state index contributed by atoms with van der Waals surface area (Å²) in [5.41, 5.74) is 8.01. The van der Waals surface area contributed by atoms with Gasteiger partial charge in [-0.05, 0) is 66.9 Å². The monoisotopic (exact) mass is 359 g/mol. The lowest BCUT2D eigenvalue weighted by Gasteiger charge is -2.30. The summed E-state index contributed by atoms with van der Waals surface area (Å²) >= 11 is 6.28. The SMILES string of the molecule is Cc1cc2nc3n(c2cc1C)C(c1cccc(Cl)c1)Nc1ccccc1-3. The number of hydrogen-bond acceptors (Lipinski definition) is 2. The van der Waals surface area contributed by atoms with E-state index in [0.717, 1.165) is 38.7 Å². The van der Waals surface area contributed by atoms with Crippen molar-refractivity contribution in [3.05, 3.63) is 82.4 Å². The predicted molar refractivity (Wildman–Crippen MR) is 108 cm³/mol. The summed E-state index contributed by atoms with van der Waals surface area (Å²) < 4.78 is 2.29. The summed E-state index contributed by atoms with van der Waals surface area (Å²) in [5.74, 6) is 0.990. The van der Waals surface area contributed by atoms with Crippen LogP contribution in [0.2, 0.25) is 5.02 Å². The number of halogens is 1. The van der Waals surface area contributed by atoms with E-state index >= 15 is 0 Å². The van der Waals surface area contributed by atoms with Crippen LogP contribution in [0, 0.1) is 13.8 Å². The van der Waals surface area contributed by atoms with Crippen LogP contribution in [0.4, 0.5) is 5.69 Å². The molecule has 0 saturated heterocycles. The summed E-state index contributed by atoms with van der Waals surface area (Å²) in [7, 11) is 0. The van der Waals surface area contributed by atoms with Crippen molar-refractivity contribution in [2.24, 2.45) is 0 Å². The maximum absolute atomic E-state index is 6.28. The summed E-state index contributed by atoms with van der Waals surface area (Å²) in [6.07, 6.45) is -0.0503. The van der Waals surface area contributed by atoms with Gasteiger partial charge in [0.05, 0.1) is 11.0 Å². The van der Waals surface area contributed by atoms with Crippen LogP contribution in [0.5, 0.6) is 0 Å². The van der Waals surface area contributed by atoms with Crippen molar-refractivity contribution in [1.29, 1.82) is 0 Å². The number of aryl methyl sites for hydroxylation is 2. The zero-order chi connectivity index (χ0) is 17.8. The highest BCUT2D eigenvalue weighted by Gasteiger charge is 2.28. The summed E-state index contributed by atoms with van der Waals surface area (Å²) in [6.45, 7) is 4.28. The number of rotatable bonds is 1. The molecular weight excluding hydrogens is 342 g/mol. The van der Waals surface area contributed by atoms with E-state index in [2.05, 4.69) is 60.1 Å². The van der Waals surface area contributed by atoms with Crippen LogP contribution in [-0.4, -0.2) is 9.55 Å². The molecule has 1 N–H and O–H groups in total. The fourth-order valence-electron chi connectivity index (χ4n) is 3.73. The molecule has 1 aliphatic rings. The molecule has 1 aromatic heterocycles. The molecule has 3 aromatic carbocycles. The lowest BCUT2D eigenvalue weighted by molar-refractivity contribution is 0.669. The molecule has 1 aliphatic heterocycles. The number of nitrogens with zero attached hydrogens (tertiary/aromatic N) is 2. The van der Waals surface area contributed by atoms with Crippen LogP contribution in [-0.2, 0) is 0 Å². The maximum Gasteiger partial charge on any atom is 0.145 e. The minimum Gasteiger partial charge on any atom is -0.361 e. The normalized spacial score (nSPS) is 15.4. The third-order valence-electron chi connectivity index (χ3n) is 5.19. The second-order valence-corrected chi connectivity index (χ2v) is 7.31. The minimum absolute atomic E-state index is 0.0503. The summed E-state index contributed by atoms with van der Waals surface area (Å²) in [6, 6.07) is 20.8. The van der Waals surface area contributed by atoms with Crippen LogP contribution in [0.25, 0.3) is 22.4 Å². The molecule has 0 spiro atoms. The lowest BCUT2D eigenvalue weighted by Crippen LogP contribution is -2.24. The molecule has 0 fully saturated rings. The van der Waals surface area contributed by atoms with E-state index in [1.165, 1.54) is 11.1 Å². The molecule has 1 atom stereocenters. The first kappa shape index (κ1) is 15.5. The first-order valence-corrected chi connectivity index (χ1v) is 9.10. The molecule has 128 valence electrons. The van der Waals surface area contributed by atoms with Crippen molar-refractivity contribution in [2.45, 2.75) is 20.0 Å². The Kier molecular flexibility index (Phi) is 3.34. The molecular formula is C22H18ClN3. The van der Waals surface area contributed by atoms with E-state index < -0.39 is 0 Å². The van der Waals surface area contributed by atoms with Gasteiger partial charge in [0.25, 0.3) is 0 Å². The molecule has 4 aromatic rings. The van der Waals surface area contributed by atoms with Crippen molar-refractivity contribution in [3.8, 4) is 11.4 Å². The molecule has 0 amide bonds. The van der Waals surface area contributed by atoms with Crippen molar-refractivity contribution in [3.63, 3.8) is 0 Å². The third-order valence-corrected chi connectivity index (χ3v) is 5.42. The van der Waals surface area contributed by atoms with Crippen molar-refractivity contribution < 1.29 is 0 Å². The topological polar surface area (TPSA) is 29.9 Å². The predicted octanol–water partition coefficient (Wildman–Crippen LogP) is 5.95. The van der Waals surface area contributed by atoms with Gasteiger partial charge in [0, 0.05) is 16.3 Å². The summed E-state index contributed by atoms with van der Waals surface area (Å²) in [5, 5.41) is 4.41. The Morgan fingerprint density at radius 3 is 2.62 bits per heavy atom. The Labute approximate surface area is 157 Å². The van der Waals surface area contributed by atoms with Gasteiger partial charge in [-0.1, -0.05) is 35.9 Å². The van der Waals surface area contributed by atoms with Crippen LogP contribution in [0.1, 0.15) is 22.9 Å². The van der Waals surface area contributed by atoms with Gasteiger partial charge in [-0.2, -0.15) is 0 Å². The Bertz CT molecular complexity index is 1160. The van der Waals surface area contributed by atoms with Crippen LogP contribution in [0.3, 0.4) is 0 Å². The lowest BCUT2D eigenvalue weighted by atomic mass is 10.1. The molecule has 0 aliphatic carbocycles. The molecule has 4 heteroatoms. The number of aromatic nitrogens is 2. The number of nitrogens with one attached hydrogen (secondary N) is 1. The number of hydrogen-bond donors (Lipinski definition) is 1. The molecule has 0 saturated carbocycles. The molecule has 26 heavy (non-hydrogen) atoms. The first-order chi connectivity index (χ1) is 12.6. The van der Waals surface area contributed by atoms with E-state index in [-0.39, 0.29) is 6.17 Å². The number of imidazole rings is 1. The van der Waals surface area contributed by atoms with Gasteiger partial charge in [0.1, 0.15) is 12.0 Å². The number of para-hydroxylation sites is 1. The Balaban J connectivity index is 1.85. The smallest absolute Gasteiger partial charge is 0.145 e. The van der Waals surface area contributed by atoms with Gasteiger partial charge in [-0.3, -0.25) is 4.57 Å². The van der Waals surface area contributed by atoms with E-state index in [0.29, 0.717) is 0 Å². The van der Waals surface area contributed by atoms with E-state index in [4.69, 9.17) is 16.6 Å².